The average Bonchev–Trinajstić information content (AvgIpc) is 2.37. The van der Waals surface area contributed by atoms with E-state index in [4.69, 9.17) is 10.5 Å². The molecule has 0 aliphatic heterocycles. The van der Waals surface area contributed by atoms with Gasteiger partial charge in [-0.05, 0) is 0 Å². The predicted octanol–water partition coefficient (Wildman–Crippen LogP) is -0.227. The molecule has 1 heterocycles. The average molecular weight is 291 g/mol. The summed E-state index contributed by atoms with van der Waals surface area (Å²) in [6, 6.07) is 10.3. The van der Waals surface area contributed by atoms with Gasteiger partial charge in [-0.1, -0.05) is 0 Å². The molecule has 0 fully saturated rings. The van der Waals surface area contributed by atoms with Crippen molar-refractivity contribution in [2.24, 2.45) is 5.73 Å². The predicted molar refractivity (Wildman–Crippen MR) is 68.9 cm³/mol. The summed E-state index contributed by atoms with van der Waals surface area (Å²) in [7, 11) is 0. The van der Waals surface area contributed by atoms with Gasteiger partial charge in [0.1, 0.15) is 0 Å². The summed E-state index contributed by atoms with van der Waals surface area (Å²) in [6.45, 7) is 1.03. The first kappa shape index (κ1) is 12.1. The normalized spacial score (nSPS) is 10.2. The molecular formula is C12H14AsN3O. The monoisotopic (exact) mass is 291 g/mol. The van der Waals surface area contributed by atoms with Crippen LogP contribution < -0.4 is 15.0 Å². The van der Waals surface area contributed by atoms with E-state index in [9.17, 15) is 0 Å². The van der Waals surface area contributed by atoms with E-state index in [0.29, 0.717) is 19.2 Å². The summed E-state index contributed by atoms with van der Waals surface area (Å²) >= 11 is 1.46. The van der Waals surface area contributed by atoms with Gasteiger partial charge in [-0.3, -0.25) is 0 Å². The first-order chi connectivity index (χ1) is 8.28. The van der Waals surface area contributed by atoms with E-state index >= 15 is 0 Å². The van der Waals surface area contributed by atoms with Gasteiger partial charge in [0.25, 0.3) is 0 Å². The summed E-state index contributed by atoms with van der Waals surface area (Å²) < 4.78 is 6.46. The second-order valence-corrected chi connectivity index (χ2v) is 4.81. The van der Waals surface area contributed by atoms with Crippen molar-refractivity contribution in [3.05, 3.63) is 47.7 Å². The minimum absolute atomic E-state index is 0.426. The third kappa shape index (κ3) is 3.55. The fourth-order valence-electron chi connectivity index (χ4n) is 1.34. The van der Waals surface area contributed by atoms with E-state index in [1.165, 1.54) is 16.9 Å². The minimum atomic E-state index is 0.426. The number of hydrogen-bond acceptors (Lipinski definition) is 4. The molecule has 0 saturated heterocycles. The molecule has 1 unspecified atom stereocenters. The maximum atomic E-state index is 5.53. The Kier molecular flexibility index (Phi) is 4.12. The summed E-state index contributed by atoms with van der Waals surface area (Å²) in [5, 5.41) is 0. The van der Waals surface area contributed by atoms with Crippen LogP contribution in [-0.4, -0.2) is 26.8 Å². The SMILES string of the molecule is NCc1ccc(COc2nccc([AsH2])n2)cc1. The number of benzene rings is 1. The second kappa shape index (κ2) is 5.80. The molecule has 17 heavy (non-hydrogen) atoms. The van der Waals surface area contributed by atoms with E-state index in [1.54, 1.807) is 6.20 Å². The van der Waals surface area contributed by atoms with Crippen molar-refractivity contribution in [2.75, 3.05) is 0 Å². The quantitative estimate of drug-likeness (QED) is 0.791. The van der Waals surface area contributed by atoms with Gasteiger partial charge in [0, 0.05) is 0 Å². The Bertz CT molecular complexity index is 487. The standard InChI is InChI=1S/C12H14AsN3O/c13-11-5-6-15-12(16-11)17-8-10-3-1-9(7-14)2-4-10/h1-6H,7-8,13-14H2. The number of hydrogen-bond donors (Lipinski definition) is 1. The summed E-state index contributed by atoms with van der Waals surface area (Å²) in [6.07, 6.45) is 1.71. The molecule has 1 aromatic carbocycles. The second-order valence-electron chi connectivity index (χ2n) is 3.57. The molecular weight excluding hydrogens is 277 g/mol. The molecule has 2 rings (SSSR count). The van der Waals surface area contributed by atoms with Gasteiger partial charge in [-0.25, -0.2) is 0 Å². The molecule has 5 heteroatoms. The van der Waals surface area contributed by atoms with E-state index in [0.717, 1.165) is 15.6 Å². The van der Waals surface area contributed by atoms with Crippen LogP contribution in [0.2, 0.25) is 0 Å². The zero-order chi connectivity index (χ0) is 12.1. The maximum absolute atomic E-state index is 5.53. The molecule has 0 amide bonds. The van der Waals surface area contributed by atoms with Gasteiger partial charge in [0.05, 0.1) is 0 Å². The van der Waals surface area contributed by atoms with Crippen molar-refractivity contribution < 1.29 is 4.74 Å². The summed E-state index contributed by atoms with van der Waals surface area (Å²) in [4.78, 5) is 8.24. The number of rotatable bonds is 4. The van der Waals surface area contributed by atoms with Crippen molar-refractivity contribution in [1.29, 1.82) is 0 Å². The molecule has 0 aliphatic carbocycles. The van der Waals surface area contributed by atoms with Crippen LogP contribution in [0, 0.1) is 0 Å². The number of ether oxygens (including phenoxy) is 1. The van der Waals surface area contributed by atoms with Crippen LogP contribution in [0.15, 0.2) is 36.5 Å². The third-order valence-electron chi connectivity index (χ3n) is 2.28. The van der Waals surface area contributed by atoms with E-state index < -0.39 is 0 Å². The molecule has 1 atom stereocenters. The van der Waals surface area contributed by atoms with Gasteiger partial charge in [-0.15, -0.1) is 0 Å². The van der Waals surface area contributed by atoms with Crippen molar-refractivity contribution in [3.8, 4) is 6.01 Å². The van der Waals surface area contributed by atoms with Crippen LogP contribution in [0.25, 0.3) is 0 Å². The van der Waals surface area contributed by atoms with Crippen LogP contribution in [0.4, 0.5) is 0 Å². The molecule has 88 valence electrons. The molecule has 2 N–H and O–H groups in total. The van der Waals surface area contributed by atoms with Crippen molar-refractivity contribution in [3.63, 3.8) is 0 Å². The van der Waals surface area contributed by atoms with Crippen LogP contribution >= 0.6 is 0 Å². The van der Waals surface area contributed by atoms with Gasteiger partial charge >= 0.3 is 109 Å². The zero-order valence-electron chi connectivity index (χ0n) is 9.34. The number of nitrogens with two attached hydrogens (primary N) is 1. The van der Waals surface area contributed by atoms with Crippen LogP contribution in [0.5, 0.6) is 6.01 Å². The van der Waals surface area contributed by atoms with Crippen LogP contribution in [0.1, 0.15) is 11.1 Å². The van der Waals surface area contributed by atoms with Gasteiger partial charge in [-0.2, -0.15) is 0 Å². The molecule has 1 aromatic heterocycles. The van der Waals surface area contributed by atoms with Gasteiger partial charge in [0.15, 0.2) is 0 Å². The van der Waals surface area contributed by atoms with Gasteiger partial charge < -0.3 is 0 Å². The van der Waals surface area contributed by atoms with Gasteiger partial charge in [0.2, 0.25) is 0 Å². The Hall–Kier alpha value is -1.38. The fourth-order valence-corrected chi connectivity index (χ4v) is 1.76. The molecule has 4 nitrogen and oxygen atoms in total. The zero-order valence-corrected chi connectivity index (χ0v) is 11.8. The Morgan fingerprint density at radius 3 is 2.47 bits per heavy atom. The molecule has 0 aliphatic rings. The summed E-state index contributed by atoms with van der Waals surface area (Å²) in [5.74, 6) is 0. The Morgan fingerprint density at radius 1 is 1.12 bits per heavy atom. The van der Waals surface area contributed by atoms with Crippen molar-refractivity contribution in [1.82, 2.24) is 9.97 Å². The Labute approximate surface area is 109 Å². The molecule has 0 bridgehead atoms. The van der Waals surface area contributed by atoms with E-state index in [2.05, 4.69) is 9.97 Å². The molecule has 0 saturated carbocycles. The topological polar surface area (TPSA) is 61.0 Å². The van der Waals surface area contributed by atoms with Crippen molar-refractivity contribution >= 4 is 21.3 Å². The third-order valence-corrected chi connectivity index (χ3v) is 2.96. The van der Waals surface area contributed by atoms with E-state index in [-0.39, 0.29) is 0 Å². The first-order valence-electron chi connectivity index (χ1n) is 5.27. The molecule has 2 aromatic rings. The number of nitrogens with zero attached hydrogens (tertiary/aromatic N) is 2. The number of aromatic nitrogens is 2. The van der Waals surface area contributed by atoms with Crippen molar-refractivity contribution in [2.45, 2.75) is 13.2 Å². The van der Waals surface area contributed by atoms with Crippen LogP contribution in [-0.2, 0) is 13.2 Å². The van der Waals surface area contributed by atoms with Crippen LogP contribution in [0.3, 0.4) is 0 Å². The Balaban J connectivity index is 1.97. The summed E-state index contributed by atoms with van der Waals surface area (Å²) in [5.41, 5.74) is 7.73. The Morgan fingerprint density at radius 2 is 1.82 bits per heavy atom. The molecule has 0 radical (unpaired) electrons. The molecule has 0 spiro atoms. The first-order valence-corrected chi connectivity index (χ1v) is 6.48. The fraction of sp³-hybridized carbons (Fsp3) is 0.167. The van der Waals surface area contributed by atoms with E-state index in [1.807, 2.05) is 30.3 Å².